The number of carbonyl (C=O) groups excluding carboxylic acids is 1. The first kappa shape index (κ1) is 24.6. The predicted molar refractivity (Wildman–Crippen MR) is 127 cm³/mol. The molecule has 4 N–H and O–H groups in total. The van der Waals surface area contributed by atoms with Crippen molar-refractivity contribution < 1.29 is 28.9 Å². The second-order valence-corrected chi connectivity index (χ2v) is 9.42. The highest BCUT2D eigenvalue weighted by atomic mass is 16.8. The van der Waals surface area contributed by atoms with E-state index in [9.17, 15) is 14.4 Å². The van der Waals surface area contributed by atoms with Crippen molar-refractivity contribution in [2.24, 2.45) is 0 Å². The summed E-state index contributed by atoms with van der Waals surface area (Å²) in [7, 11) is 0. The normalized spacial score (nSPS) is 23.1. The van der Waals surface area contributed by atoms with E-state index in [1.807, 2.05) is 26.8 Å². The zero-order chi connectivity index (χ0) is 25.5. The number of aryl methyl sites for hydroxylation is 3. The Labute approximate surface area is 203 Å². The van der Waals surface area contributed by atoms with Gasteiger partial charge < -0.3 is 34.9 Å². The van der Waals surface area contributed by atoms with E-state index in [0.29, 0.717) is 41.0 Å². The lowest BCUT2D eigenvalue weighted by atomic mass is 9.99. The van der Waals surface area contributed by atoms with E-state index >= 15 is 0 Å². The summed E-state index contributed by atoms with van der Waals surface area (Å²) in [6, 6.07) is 3.34. The van der Waals surface area contributed by atoms with Gasteiger partial charge in [-0.2, -0.15) is 0 Å². The van der Waals surface area contributed by atoms with E-state index in [-0.39, 0.29) is 30.7 Å². The first-order chi connectivity index (χ1) is 16.5. The van der Waals surface area contributed by atoms with E-state index in [1.54, 1.807) is 19.9 Å². The van der Waals surface area contributed by atoms with Crippen LogP contribution >= 0.6 is 0 Å². The van der Waals surface area contributed by atoms with Crippen molar-refractivity contribution in [2.45, 2.75) is 71.9 Å². The summed E-state index contributed by atoms with van der Waals surface area (Å²) in [6.45, 7) is 9.40. The average molecular weight is 486 g/mol. The van der Waals surface area contributed by atoms with Gasteiger partial charge in [-0.1, -0.05) is 0 Å². The van der Waals surface area contributed by atoms with Crippen molar-refractivity contribution in [2.75, 3.05) is 6.61 Å². The van der Waals surface area contributed by atoms with Gasteiger partial charge in [0.25, 0.3) is 17.3 Å². The van der Waals surface area contributed by atoms with Crippen LogP contribution in [0, 0.1) is 27.7 Å². The fraction of sp³-hybridized carbons (Fsp3) is 0.480. The van der Waals surface area contributed by atoms with E-state index in [4.69, 9.17) is 19.3 Å². The van der Waals surface area contributed by atoms with E-state index in [1.165, 1.54) is 0 Å². The largest absolute Gasteiger partial charge is 0.465 e. The Kier molecular flexibility index (Phi) is 6.50. The van der Waals surface area contributed by atoms with Gasteiger partial charge in [-0.15, -0.1) is 0 Å². The minimum absolute atomic E-state index is 0.104. The van der Waals surface area contributed by atoms with Crippen LogP contribution in [0.15, 0.2) is 16.9 Å². The Morgan fingerprint density at radius 3 is 2.46 bits per heavy atom. The highest BCUT2D eigenvalue weighted by Gasteiger charge is 2.48. The molecule has 0 aliphatic carbocycles. The molecule has 3 heterocycles. The van der Waals surface area contributed by atoms with Crippen LogP contribution in [0.25, 0.3) is 0 Å². The number of amides is 2. The maximum absolute atomic E-state index is 13.1. The summed E-state index contributed by atoms with van der Waals surface area (Å²) in [5, 5.41) is 14.2. The van der Waals surface area contributed by atoms with Crippen molar-refractivity contribution in [3.63, 3.8) is 0 Å². The number of fused-ring (bicyclic) bond motifs is 1. The van der Waals surface area contributed by atoms with E-state index in [0.717, 1.165) is 16.8 Å². The Bertz CT molecular complexity index is 1230. The summed E-state index contributed by atoms with van der Waals surface area (Å²) in [5.41, 5.74) is 3.68. The first-order valence-corrected chi connectivity index (χ1v) is 11.6. The van der Waals surface area contributed by atoms with E-state index in [2.05, 4.69) is 15.6 Å². The van der Waals surface area contributed by atoms with Crippen LogP contribution in [0.2, 0.25) is 0 Å². The van der Waals surface area contributed by atoms with Crippen LogP contribution in [0.5, 0.6) is 11.5 Å². The molecule has 35 heavy (non-hydrogen) atoms. The van der Waals surface area contributed by atoms with Gasteiger partial charge >= 0.3 is 6.09 Å². The lowest BCUT2D eigenvalue weighted by Gasteiger charge is -2.37. The molecule has 2 amide bonds. The molecule has 1 aromatic heterocycles. The third-order valence-electron chi connectivity index (χ3n) is 6.63. The summed E-state index contributed by atoms with van der Waals surface area (Å²) >= 11 is 0. The Morgan fingerprint density at radius 2 is 1.83 bits per heavy atom. The molecule has 1 saturated heterocycles. The van der Waals surface area contributed by atoms with Gasteiger partial charge in [-0.25, -0.2) is 4.79 Å². The van der Waals surface area contributed by atoms with Crippen LogP contribution in [-0.4, -0.2) is 46.6 Å². The summed E-state index contributed by atoms with van der Waals surface area (Å²) in [4.78, 5) is 39.0. The molecule has 10 heteroatoms. The van der Waals surface area contributed by atoms with Crippen LogP contribution in [-0.2, 0) is 11.3 Å². The lowest BCUT2D eigenvalue weighted by Crippen LogP contribution is -2.53. The number of H-pyrrole nitrogens is 1. The molecular formula is C25H31N3O7. The van der Waals surface area contributed by atoms with Crippen molar-refractivity contribution in [1.29, 1.82) is 0 Å². The van der Waals surface area contributed by atoms with Crippen molar-refractivity contribution in [3.05, 3.63) is 56.0 Å². The van der Waals surface area contributed by atoms with Crippen LogP contribution in [0.4, 0.5) is 4.79 Å². The number of hydrogen-bond acceptors (Lipinski definition) is 6. The standard InChI is InChI=1S/C25H31N3O7/c1-12-8-14(3)27-23(30)18(12)10-26-22(29)17-9-13(2)20-21(15(17)4)35-25(5,34-20)19-7-6-16(11-33-19)28-24(31)32/h8-9,16,19,28H,6-7,10-11H2,1-5H3,(H,26,29)(H,27,30)(H,31,32)/t16-,19+,25?/m1/s1. The quantitative estimate of drug-likeness (QED) is 0.511. The zero-order valence-electron chi connectivity index (χ0n) is 20.5. The zero-order valence-corrected chi connectivity index (χ0v) is 20.5. The molecule has 0 bridgehead atoms. The predicted octanol–water partition coefficient (Wildman–Crippen LogP) is 2.84. The molecule has 2 aliphatic heterocycles. The fourth-order valence-electron chi connectivity index (χ4n) is 4.72. The third-order valence-corrected chi connectivity index (χ3v) is 6.63. The lowest BCUT2D eigenvalue weighted by molar-refractivity contribution is -0.185. The minimum Gasteiger partial charge on any atom is -0.465 e. The summed E-state index contributed by atoms with van der Waals surface area (Å²) in [5.74, 6) is -0.382. The van der Waals surface area contributed by atoms with Crippen molar-refractivity contribution >= 4 is 12.0 Å². The SMILES string of the molecule is Cc1cc(C)c(CNC(=O)c2cc(C)c3c(c2C)OC(C)([C@@H]2CC[C@@H](NC(=O)O)CO2)O3)c(=O)[nH]1. The summed E-state index contributed by atoms with van der Waals surface area (Å²) in [6.07, 6.45) is -0.346. The molecule has 3 atom stereocenters. The number of hydrogen-bond donors (Lipinski definition) is 4. The van der Waals surface area contributed by atoms with Gasteiger partial charge in [0.2, 0.25) is 0 Å². The molecule has 10 nitrogen and oxygen atoms in total. The number of pyridine rings is 1. The topological polar surface area (TPSA) is 139 Å². The number of ether oxygens (including phenoxy) is 3. The number of rotatable bonds is 5. The molecular weight excluding hydrogens is 454 g/mol. The molecule has 1 unspecified atom stereocenters. The number of carbonyl (C=O) groups is 2. The van der Waals surface area contributed by atoms with Gasteiger partial charge in [0.15, 0.2) is 11.5 Å². The molecule has 4 rings (SSSR count). The van der Waals surface area contributed by atoms with E-state index < -0.39 is 18.0 Å². The Balaban J connectivity index is 1.49. The molecule has 1 aromatic carbocycles. The molecule has 0 spiro atoms. The average Bonchev–Trinajstić information content (AvgIpc) is 3.15. The van der Waals surface area contributed by atoms with Gasteiger partial charge in [-0.05, 0) is 63.8 Å². The number of aromatic nitrogens is 1. The second-order valence-electron chi connectivity index (χ2n) is 9.42. The monoisotopic (exact) mass is 485 g/mol. The van der Waals surface area contributed by atoms with Gasteiger partial charge in [0.05, 0.1) is 12.6 Å². The minimum atomic E-state index is -1.10. The molecule has 2 aliphatic rings. The van der Waals surface area contributed by atoms with Crippen LogP contribution in [0.3, 0.4) is 0 Å². The van der Waals surface area contributed by atoms with Crippen molar-refractivity contribution in [3.8, 4) is 11.5 Å². The van der Waals surface area contributed by atoms with Crippen LogP contribution in [0.1, 0.15) is 58.1 Å². The molecule has 2 aromatic rings. The van der Waals surface area contributed by atoms with Gasteiger partial charge in [0, 0.05) is 35.9 Å². The highest BCUT2D eigenvalue weighted by molar-refractivity contribution is 5.97. The number of benzene rings is 1. The Morgan fingerprint density at radius 1 is 1.11 bits per heavy atom. The number of aromatic amines is 1. The molecule has 0 radical (unpaired) electrons. The maximum atomic E-state index is 13.1. The fourth-order valence-corrected chi connectivity index (χ4v) is 4.72. The second kappa shape index (κ2) is 9.26. The molecule has 0 saturated carbocycles. The maximum Gasteiger partial charge on any atom is 0.404 e. The molecule has 188 valence electrons. The van der Waals surface area contributed by atoms with Gasteiger partial charge in [0.1, 0.15) is 6.10 Å². The number of carboxylic acid groups (broad SMARTS) is 1. The first-order valence-electron chi connectivity index (χ1n) is 11.6. The highest BCUT2D eigenvalue weighted by Crippen LogP contribution is 2.47. The van der Waals surface area contributed by atoms with Crippen LogP contribution < -0.4 is 25.7 Å². The molecule has 1 fully saturated rings. The Hall–Kier alpha value is -3.53. The van der Waals surface area contributed by atoms with Crippen molar-refractivity contribution in [1.82, 2.24) is 15.6 Å². The summed E-state index contributed by atoms with van der Waals surface area (Å²) < 4.78 is 18.4. The smallest absolute Gasteiger partial charge is 0.404 e. The number of nitrogens with one attached hydrogen (secondary N) is 3. The van der Waals surface area contributed by atoms with Gasteiger partial charge in [-0.3, -0.25) is 9.59 Å². The third kappa shape index (κ3) is 4.84.